The number of nitrogens with two attached hydrogens (primary N) is 3. The Hall–Kier alpha value is -3.71. The summed E-state index contributed by atoms with van der Waals surface area (Å²) in [6, 6.07) is 4.00. The highest BCUT2D eigenvalue weighted by molar-refractivity contribution is 5.94. The number of amides is 3. The molecular weight excluding hydrogens is 446 g/mol. The van der Waals surface area contributed by atoms with Crippen LogP contribution in [0.1, 0.15) is 25.3 Å². The molecule has 0 bridgehead atoms. The van der Waals surface area contributed by atoms with Crippen LogP contribution < -0.4 is 33.2 Å². The van der Waals surface area contributed by atoms with Gasteiger partial charge in [-0.05, 0) is 25.3 Å². The van der Waals surface area contributed by atoms with E-state index in [4.69, 9.17) is 17.2 Å². The lowest BCUT2D eigenvalue weighted by molar-refractivity contribution is -0.142. The predicted molar refractivity (Wildman–Crippen MR) is 124 cm³/mol. The smallest absolute Gasteiger partial charge is 0.326 e. The van der Waals surface area contributed by atoms with Crippen LogP contribution in [-0.4, -0.2) is 77.2 Å². The van der Waals surface area contributed by atoms with Crippen LogP contribution in [0.2, 0.25) is 0 Å². The standard InChI is InChI=1S/C21H33N7O6/c1-12(26-18(31)14(22)8-5-9-25-21(23)24)17(30)28-16(11-29)19(32)27-15(20(33)34)10-13-6-3-2-4-7-13/h2-4,6-7,12,14-16,29H,5,8-11,22H2,1H3,(H,26,31)(H,27,32)(H,28,30)(H,33,34)(H4,23,24,25)/t12-,14-,15-,16-/m0/s1. The molecule has 188 valence electrons. The third kappa shape index (κ3) is 10.3. The maximum Gasteiger partial charge on any atom is 0.326 e. The molecule has 0 fully saturated rings. The van der Waals surface area contributed by atoms with Gasteiger partial charge in [-0.25, -0.2) is 4.79 Å². The zero-order chi connectivity index (χ0) is 25.7. The Labute approximate surface area is 197 Å². The van der Waals surface area contributed by atoms with Gasteiger partial charge >= 0.3 is 5.97 Å². The monoisotopic (exact) mass is 479 g/mol. The van der Waals surface area contributed by atoms with Gasteiger partial charge in [0.2, 0.25) is 17.7 Å². The van der Waals surface area contributed by atoms with Crippen LogP contribution in [0.5, 0.6) is 0 Å². The number of guanidine groups is 1. The quantitative estimate of drug-likeness (QED) is 0.0778. The Morgan fingerprint density at radius 2 is 1.59 bits per heavy atom. The number of carboxylic acid groups (broad SMARTS) is 1. The van der Waals surface area contributed by atoms with Crippen molar-refractivity contribution in [3.8, 4) is 0 Å². The molecule has 0 heterocycles. The summed E-state index contributed by atoms with van der Waals surface area (Å²) in [7, 11) is 0. The first kappa shape index (κ1) is 28.3. The molecule has 0 aliphatic carbocycles. The zero-order valence-electron chi connectivity index (χ0n) is 18.9. The van der Waals surface area contributed by atoms with E-state index in [9.17, 15) is 29.4 Å². The summed E-state index contributed by atoms with van der Waals surface area (Å²) in [5, 5.41) is 26.0. The molecule has 0 radical (unpaired) electrons. The molecule has 11 N–H and O–H groups in total. The van der Waals surface area contributed by atoms with E-state index in [1.807, 2.05) is 0 Å². The van der Waals surface area contributed by atoms with E-state index in [1.165, 1.54) is 6.92 Å². The molecule has 1 aromatic carbocycles. The van der Waals surface area contributed by atoms with Crippen molar-refractivity contribution in [2.24, 2.45) is 22.2 Å². The van der Waals surface area contributed by atoms with Crippen molar-refractivity contribution >= 4 is 29.7 Å². The van der Waals surface area contributed by atoms with Gasteiger partial charge in [-0.2, -0.15) is 0 Å². The molecule has 0 saturated carbocycles. The van der Waals surface area contributed by atoms with Gasteiger partial charge in [0, 0.05) is 13.0 Å². The number of nitrogens with one attached hydrogen (secondary N) is 3. The number of rotatable bonds is 14. The molecule has 1 rings (SSSR count). The minimum atomic E-state index is -1.42. The van der Waals surface area contributed by atoms with Crippen LogP contribution in [0, 0.1) is 0 Å². The van der Waals surface area contributed by atoms with Crippen molar-refractivity contribution in [3.05, 3.63) is 35.9 Å². The first-order chi connectivity index (χ1) is 16.0. The number of hydrogen-bond acceptors (Lipinski definition) is 7. The fourth-order valence-electron chi connectivity index (χ4n) is 2.85. The molecule has 4 atom stereocenters. The molecule has 0 aliphatic rings. The lowest BCUT2D eigenvalue weighted by Gasteiger charge is -2.22. The molecule has 0 aromatic heterocycles. The van der Waals surface area contributed by atoms with E-state index in [-0.39, 0.29) is 18.8 Å². The summed E-state index contributed by atoms with van der Waals surface area (Å²) in [4.78, 5) is 52.4. The Bertz CT molecular complexity index is 860. The minimum absolute atomic E-state index is 0.0154. The number of carbonyl (C=O) groups excluding carboxylic acids is 3. The van der Waals surface area contributed by atoms with E-state index >= 15 is 0 Å². The van der Waals surface area contributed by atoms with E-state index < -0.39 is 54.5 Å². The SMILES string of the molecule is C[C@H](NC(=O)[C@@H](N)CCCN=C(N)N)C(=O)N[C@@H](CO)C(=O)N[C@@H](Cc1ccccc1)C(=O)O. The summed E-state index contributed by atoms with van der Waals surface area (Å²) >= 11 is 0. The summed E-state index contributed by atoms with van der Waals surface area (Å²) in [6.45, 7) is 0.898. The van der Waals surface area contributed by atoms with Crippen molar-refractivity contribution in [3.63, 3.8) is 0 Å². The number of benzene rings is 1. The van der Waals surface area contributed by atoms with Gasteiger partial charge in [0.15, 0.2) is 5.96 Å². The minimum Gasteiger partial charge on any atom is -0.480 e. The molecule has 0 unspecified atom stereocenters. The Kier molecular flexibility index (Phi) is 12.0. The molecule has 0 saturated heterocycles. The molecule has 0 spiro atoms. The average molecular weight is 480 g/mol. The summed E-state index contributed by atoms with van der Waals surface area (Å²) in [6.07, 6.45) is 0.742. The predicted octanol–water partition coefficient (Wildman–Crippen LogP) is -2.84. The van der Waals surface area contributed by atoms with Crippen LogP contribution in [0.4, 0.5) is 0 Å². The van der Waals surface area contributed by atoms with Crippen molar-refractivity contribution in [1.29, 1.82) is 0 Å². The normalized spacial score (nSPS) is 14.1. The molecule has 34 heavy (non-hydrogen) atoms. The number of hydrogen-bond donors (Lipinski definition) is 8. The van der Waals surface area contributed by atoms with Gasteiger partial charge in [-0.3, -0.25) is 19.4 Å². The third-order valence-corrected chi connectivity index (χ3v) is 4.77. The first-order valence-corrected chi connectivity index (χ1v) is 10.6. The van der Waals surface area contributed by atoms with Gasteiger partial charge < -0.3 is 43.4 Å². The lowest BCUT2D eigenvalue weighted by atomic mass is 10.1. The largest absolute Gasteiger partial charge is 0.480 e. The molecular formula is C21H33N7O6. The van der Waals surface area contributed by atoms with Crippen LogP contribution in [0.3, 0.4) is 0 Å². The van der Waals surface area contributed by atoms with E-state index in [1.54, 1.807) is 30.3 Å². The fourth-order valence-corrected chi connectivity index (χ4v) is 2.85. The lowest BCUT2D eigenvalue weighted by Crippen LogP contribution is -2.57. The number of aliphatic hydroxyl groups excluding tert-OH is 1. The topological polar surface area (TPSA) is 235 Å². The van der Waals surface area contributed by atoms with Gasteiger partial charge in [-0.1, -0.05) is 30.3 Å². The molecule has 3 amide bonds. The first-order valence-electron chi connectivity index (χ1n) is 10.6. The maximum atomic E-state index is 12.5. The highest BCUT2D eigenvalue weighted by Crippen LogP contribution is 2.04. The Balaban J connectivity index is 2.60. The molecule has 1 aromatic rings. The van der Waals surface area contributed by atoms with Crippen molar-refractivity contribution in [2.45, 2.75) is 50.4 Å². The van der Waals surface area contributed by atoms with Gasteiger partial charge in [0.1, 0.15) is 18.1 Å². The van der Waals surface area contributed by atoms with Crippen molar-refractivity contribution in [2.75, 3.05) is 13.2 Å². The Morgan fingerprint density at radius 3 is 2.15 bits per heavy atom. The highest BCUT2D eigenvalue weighted by atomic mass is 16.4. The number of carboxylic acids is 1. The second kappa shape index (κ2) is 14.4. The molecule has 13 heteroatoms. The van der Waals surface area contributed by atoms with E-state index in [0.717, 1.165) is 0 Å². The van der Waals surface area contributed by atoms with E-state index in [2.05, 4.69) is 20.9 Å². The number of nitrogens with zero attached hydrogens (tertiary/aromatic N) is 1. The Morgan fingerprint density at radius 1 is 0.971 bits per heavy atom. The molecule has 0 aliphatic heterocycles. The number of aliphatic hydroxyl groups is 1. The number of aliphatic imine (C=N–C) groups is 1. The van der Waals surface area contributed by atoms with Crippen molar-refractivity contribution in [1.82, 2.24) is 16.0 Å². The van der Waals surface area contributed by atoms with E-state index in [0.29, 0.717) is 18.5 Å². The van der Waals surface area contributed by atoms with Crippen LogP contribution in [0.15, 0.2) is 35.3 Å². The maximum absolute atomic E-state index is 12.5. The zero-order valence-corrected chi connectivity index (χ0v) is 18.9. The number of aliphatic carboxylic acids is 1. The van der Waals surface area contributed by atoms with Gasteiger partial charge in [0.25, 0.3) is 0 Å². The third-order valence-electron chi connectivity index (χ3n) is 4.77. The number of carbonyl (C=O) groups is 4. The second-order valence-electron chi connectivity index (χ2n) is 7.62. The highest BCUT2D eigenvalue weighted by Gasteiger charge is 2.28. The summed E-state index contributed by atoms with van der Waals surface area (Å²) in [5.41, 5.74) is 16.9. The van der Waals surface area contributed by atoms with Crippen LogP contribution in [-0.2, 0) is 25.6 Å². The van der Waals surface area contributed by atoms with Gasteiger partial charge in [0.05, 0.1) is 12.6 Å². The fraction of sp³-hybridized carbons (Fsp3) is 0.476. The second-order valence-corrected chi connectivity index (χ2v) is 7.62. The molecule has 13 nitrogen and oxygen atoms in total. The summed E-state index contributed by atoms with van der Waals surface area (Å²) in [5.74, 6) is -3.57. The average Bonchev–Trinajstić information content (AvgIpc) is 2.79. The van der Waals surface area contributed by atoms with Crippen LogP contribution in [0.25, 0.3) is 0 Å². The summed E-state index contributed by atoms with van der Waals surface area (Å²) < 4.78 is 0. The van der Waals surface area contributed by atoms with Gasteiger partial charge in [-0.15, -0.1) is 0 Å². The van der Waals surface area contributed by atoms with Crippen LogP contribution >= 0.6 is 0 Å². The van der Waals surface area contributed by atoms with Crippen molar-refractivity contribution < 1.29 is 29.4 Å².